The Kier molecular flexibility index (Phi) is 2.90. The average molecular weight is 212 g/mol. The van der Waals surface area contributed by atoms with Crippen LogP contribution in [0.3, 0.4) is 0 Å². The van der Waals surface area contributed by atoms with Gasteiger partial charge in [-0.3, -0.25) is 9.59 Å². The Morgan fingerprint density at radius 1 is 1.33 bits per heavy atom. The van der Waals surface area contributed by atoms with Gasteiger partial charge in [0.05, 0.1) is 19.8 Å². The van der Waals surface area contributed by atoms with E-state index in [2.05, 4.69) is 5.32 Å². The third kappa shape index (κ3) is 2.28. The number of nitrogens with one attached hydrogen (secondary N) is 1. The van der Waals surface area contributed by atoms with Crippen LogP contribution in [-0.2, 0) is 14.3 Å². The maximum absolute atomic E-state index is 11.7. The van der Waals surface area contributed by atoms with Crippen LogP contribution in [-0.4, -0.2) is 49.6 Å². The van der Waals surface area contributed by atoms with Gasteiger partial charge in [-0.1, -0.05) is 0 Å². The SMILES string of the molecule is CC(=O)NCC(=O)N1C[C@@H]2COC[C@H]2C1. The van der Waals surface area contributed by atoms with Crippen molar-refractivity contribution in [1.29, 1.82) is 0 Å². The molecule has 2 saturated heterocycles. The molecule has 2 atom stereocenters. The molecule has 2 aliphatic rings. The third-order valence-electron chi connectivity index (χ3n) is 3.08. The Balaban J connectivity index is 1.80. The van der Waals surface area contributed by atoms with Gasteiger partial charge in [-0.25, -0.2) is 0 Å². The summed E-state index contributed by atoms with van der Waals surface area (Å²) in [7, 11) is 0. The summed E-state index contributed by atoms with van der Waals surface area (Å²) in [5.74, 6) is 0.864. The monoisotopic (exact) mass is 212 g/mol. The van der Waals surface area contributed by atoms with E-state index in [4.69, 9.17) is 4.74 Å². The molecular weight excluding hydrogens is 196 g/mol. The minimum Gasteiger partial charge on any atom is -0.381 e. The minimum absolute atomic E-state index is 0.0135. The molecule has 0 aliphatic carbocycles. The summed E-state index contributed by atoms with van der Waals surface area (Å²) in [4.78, 5) is 24.1. The molecule has 5 nitrogen and oxygen atoms in total. The van der Waals surface area contributed by atoms with Gasteiger partial charge >= 0.3 is 0 Å². The molecule has 0 aromatic heterocycles. The molecule has 0 aromatic rings. The molecule has 5 heteroatoms. The van der Waals surface area contributed by atoms with Gasteiger partial charge in [0.2, 0.25) is 11.8 Å². The van der Waals surface area contributed by atoms with Crippen LogP contribution >= 0.6 is 0 Å². The van der Waals surface area contributed by atoms with E-state index >= 15 is 0 Å². The van der Waals surface area contributed by atoms with Crippen molar-refractivity contribution in [2.24, 2.45) is 11.8 Å². The van der Waals surface area contributed by atoms with Gasteiger partial charge in [0, 0.05) is 31.8 Å². The maximum Gasteiger partial charge on any atom is 0.241 e. The fraction of sp³-hybridized carbons (Fsp3) is 0.800. The van der Waals surface area contributed by atoms with Gasteiger partial charge in [0.1, 0.15) is 0 Å². The fourth-order valence-corrected chi connectivity index (χ4v) is 2.20. The second-order valence-corrected chi connectivity index (χ2v) is 4.27. The van der Waals surface area contributed by atoms with E-state index in [0.29, 0.717) is 11.8 Å². The molecule has 2 amide bonds. The first-order valence-corrected chi connectivity index (χ1v) is 5.27. The predicted octanol–water partition coefficient (Wildman–Crippen LogP) is -0.773. The summed E-state index contributed by atoms with van der Waals surface area (Å²) in [6.07, 6.45) is 0. The molecule has 2 rings (SSSR count). The van der Waals surface area contributed by atoms with Crippen molar-refractivity contribution in [1.82, 2.24) is 10.2 Å². The molecule has 0 unspecified atom stereocenters. The molecule has 0 spiro atoms. The second kappa shape index (κ2) is 4.18. The number of carbonyl (C=O) groups excluding carboxylic acids is 2. The van der Waals surface area contributed by atoms with Crippen LogP contribution in [0.1, 0.15) is 6.92 Å². The highest BCUT2D eigenvalue weighted by Crippen LogP contribution is 2.28. The summed E-state index contributed by atoms with van der Waals surface area (Å²) in [5, 5.41) is 2.53. The quantitative estimate of drug-likeness (QED) is 0.653. The first-order valence-electron chi connectivity index (χ1n) is 5.27. The van der Waals surface area contributed by atoms with Gasteiger partial charge in [-0.2, -0.15) is 0 Å². The second-order valence-electron chi connectivity index (χ2n) is 4.27. The zero-order valence-electron chi connectivity index (χ0n) is 8.86. The van der Waals surface area contributed by atoms with Gasteiger partial charge in [0.25, 0.3) is 0 Å². The lowest BCUT2D eigenvalue weighted by Gasteiger charge is -2.17. The first-order chi connectivity index (χ1) is 7.16. The number of rotatable bonds is 2. The molecular formula is C10H16N2O3. The number of amides is 2. The number of hydrogen-bond donors (Lipinski definition) is 1. The molecule has 0 aromatic carbocycles. The highest BCUT2D eigenvalue weighted by Gasteiger charge is 2.38. The van der Waals surface area contributed by atoms with E-state index in [1.54, 1.807) is 0 Å². The summed E-state index contributed by atoms with van der Waals surface area (Å²) < 4.78 is 5.33. The van der Waals surface area contributed by atoms with Gasteiger partial charge in [0.15, 0.2) is 0 Å². The number of carbonyl (C=O) groups is 2. The van der Waals surface area contributed by atoms with Gasteiger partial charge < -0.3 is 15.0 Å². The number of nitrogens with zero attached hydrogens (tertiary/aromatic N) is 1. The van der Waals surface area contributed by atoms with Crippen molar-refractivity contribution in [2.75, 3.05) is 32.8 Å². The lowest BCUT2D eigenvalue weighted by molar-refractivity contribution is -0.132. The largest absolute Gasteiger partial charge is 0.381 e. The highest BCUT2D eigenvalue weighted by atomic mass is 16.5. The van der Waals surface area contributed by atoms with Crippen molar-refractivity contribution < 1.29 is 14.3 Å². The number of ether oxygens (including phenoxy) is 1. The molecule has 1 N–H and O–H groups in total. The zero-order chi connectivity index (χ0) is 10.8. The maximum atomic E-state index is 11.7. The lowest BCUT2D eigenvalue weighted by Crippen LogP contribution is -2.39. The van der Waals surface area contributed by atoms with E-state index in [9.17, 15) is 9.59 Å². The first kappa shape index (κ1) is 10.4. The molecule has 15 heavy (non-hydrogen) atoms. The predicted molar refractivity (Wildman–Crippen MR) is 53.1 cm³/mol. The Hall–Kier alpha value is -1.10. The molecule has 84 valence electrons. The standard InChI is InChI=1S/C10H16N2O3/c1-7(13)11-2-10(14)12-3-8-5-15-6-9(8)4-12/h8-9H,2-6H2,1H3,(H,11,13)/t8-,9-/m1/s1. The summed E-state index contributed by atoms with van der Waals surface area (Å²) in [6, 6.07) is 0. The third-order valence-corrected chi connectivity index (χ3v) is 3.08. The molecule has 0 saturated carbocycles. The van der Waals surface area contributed by atoms with Crippen molar-refractivity contribution >= 4 is 11.8 Å². The van der Waals surface area contributed by atoms with Crippen molar-refractivity contribution in [3.63, 3.8) is 0 Å². The van der Waals surface area contributed by atoms with Crippen LogP contribution in [0.2, 0.25) is 0 Å². The van der Waals surface area contributed by atoms with Crippen molar-refractivity contribution in [2.45, 2.75) is 6.92 Å². The lowest BCUT2D eigenvalue weighted by atomic mass is 10.0. The van der Waals surface area contributed by atoms with E-state index in [1.165, 1.54) is 6.92 Å². The Labute approximate surface area is 88.8 Å². The molecule has 0 bridgehead atoms. The van der Waals surface area contributed by atoms with Crippen molar-refractivity contribution in [3.8, 4) is 0 Å². The Bertz CT molecular complexity index is 268. The van der Waals surface area contributed by atoms with E-state index in [1.807, 2.05) is 4.90 Å². The van der Waals surface area contributed by atoms with Crippen LogP contribution < -0.4 is 5.32 Å². The summed E-state index contributed by atoms with van der Waals surface area (Å²) >= 11 is 0. The van der Waals surface area contributed by atoms with Gasteiger partial charge in [-0.05, 0) is 0 Å². The van der Waals surface area contributed by atoms with Crippen LogP contribution in [0.5, 0.6) is 0 Å². The molecule has 2 aliphatic heterocycles. The normalized spacial score (nSPS) is 29.0. The fourth-order valence-electron chi connectivity index (χ4n) is 2.20. The van der Waals surface area contributed by atoms with Crippen LogP contribution in [0, 0.1) is 11.8 Å². The van der Waals surface area contributed by atoms with Crippen molar-refractivity contribution in [3.05, 3.63) is 0 Å². The molecule has 2 fully saturated rings. The average Bonchev–Trinajstić information content (AvgIpc) is 2.72. The number of likely N-dealkylation sites (tertiary alicyclic amines) is 1. The Morgan fingerprint density at radius 2 is 1.93 bits per heavy atom. The van der Waals surface area contributed by atoms with Crippen LogP contribution in [0.25, 0.3) is 0 Å². The van der Waals surface area contributed by atoms with E-state index in [0.717, 1.165) is 26.3 Å². The minimum atomic E-state index is -0.161. The summed E-state index contributed by atoms with van der Waals surface area (Å²) in [6.45, 7) is 4.64. The molecule has 0 radical (unpaired) electrons. The molecule has 2 heterocycles. The van der Waals surface area contributed by atoms with E-state index in [-0.39, 0.29) is 18.4 Å². The Morgan fingerprint density at radius 3 is 2.47 bits per heavy atom. The number of hydrogen-bond acceptors (Lipinski definition) is 3. The van der Waals surface area contributed by atoms with Gasteiger partial charge in [-0.15, -0.1) is 0 Å². The number of fused-ring (bicyclic) bond motifs is 1. The van der Waals surface area contributed by atoms with E-state index < -0.39 is 0 Å². The topological polar surface area (TPSA) is 58.6 Å². The highest BCUT2D eigenvalue weighted by molar-refractivity contribution is 5.83. The van der Waals surface area contributed by atoms with Crippen LogP contribution in [0.15, 0.2) is 0 Å². The zero-order valence-corrected chi connectivity index (χ0v) is 8.86. The summed E-state index contributed by atoms with van der Waals surface area (Å²) in [5.41, 5.74) is 0. The smallest absolute Gasteiger partial charge is 0.241 e. The van der Waals surface area contributed by atoms with Crippen LogP contribution in [0.4, 0.5) is 0 Å².